The number of carbonyl (C=O) groups is 3. The van der Waals surface area contributed by atoms with Crippen molar-refractivity contribution in [1.82, 2.24) is 25.4 Å². The maximum Gasteiger partial charge on any atom is 0.254 e. The summed E-state index contributed by atoms with van der Waals surface area (Å²) >= 11 is 8.70. The molecule has 1 aliphatic rings. The minimum atomic E-state index is -0.409. The SMILES string of the molecule is CCn1c(SCC(=O)Nc2sc3c(c2C(=O)NCc2ccccc2)CCCC3)nnc1[C@H](C)NC(=O)c1ccc(Cl)cc1. The zero-order valence-corrected chi connectivity index (χ0v) is 26.4. The molecule has 12 heteroatoms. The Bertz CT molecular complexity index is 1600. The Kier molecular flexibility index (Phi) is 10.2. The third-order valence-electron chi connectivity index (χ3n) is 7.18. The van der Waals surface area contributed by atoms with Gasteiger partial charge >= 0.3 is 0 Å². The van der Waals surface area contributed by atoms with Gasteiger partial charge in [0.05, 0.1) is 17.4 Å². The maximum atomic E-state index is 13.3. The Morgan fingerprint density at radius 2 is 1.77 bits per heavy atom. The van der Waals surface area contributed by atoms with Crippen molar-refractivity contribution in [2.45, 2.75) is 63.8 Å². The van der Waals surface area contributed by atoms with Gasteiger partial charge < -0.3 is 20.5 Å². The molecule has 3 amide bonds. The summed E-state index contributed by atoms with van der Waals surface area (Å²) in [7, 11) is 0. The van der Waals surface area contributed by atoms with E-state index in [1.165, 1.54) is 28.0 Å². The Labute approximate surface area is 263 Å². The van der Waals surface area contributed by atoms with E-state index >= 15 is 0 Å². The molecule has 0 saturated heterocycles. The number of aromatic nitrogens is 3. The van der Waals surface area contributed by atoms with E-state index in [9.17, 15) is 14.4 Å². The van der Waals surface area contributed by atoms with E-state index in [1.807, 2.05) is 48.7 Å². The molecule has 3 N–H and O–H groups in total. The highest BCUT2D eigenvalue weighted by Gasteiger charge is 2.27. The lowest BCUT2D eigenvalue weighted by Gasteiger charge is -2.15. The van der Waals surface area contributed by atoms with Crippen molar-refractivity contribution < 1.29 is 14.4 Å². The fraction of sp³-hybridized carbons (Fsp3) is 0.323. The molecule has 0 radical (unpaired) electrons. The van der Waals surface area contributed by atoms with E-state index in [-0.39, 0.29) is 23.5 Å². The number of thiophene rings is 1. The van der Waals surface area contributed by atoms with Crippen molar-refractivity contribution in [3.05, 3.63) is 92.6 Å². The summed E-state index contributed by atoms with van der Waals surface area (Å²) in [5.74, 6) is 0.0481. The predicted octanol–water partition coefficient (Wildman–Crippen LogP) is 6.04. The first kappa shape index (κ1) is 30.8. The van der Waals surface area contributed by atoms with Crippen LogP contribution in [0.1, 0.15) is 75.3 Å². The molecule has 5 rings (SSSR count). The molecule has 0 unspecified atom stereocenters. The van der Waals surface area contributed by atoms with Crippen molar-refractivity contribution >= 4 is 57.4 Å². The summed E-state index contributed by atoms with van der Waals surface area (Å²) in [4.78, 5) is 40.4. The molecule has 224 valence electrons. The Morgan fingerprint density at radius 1 is 1.02 bits per heavy atom. The number of nitrogens with one attached hydrogen (secondary N) is 3. The van der Waals surface area contributed by atoms with Gasteiger partial charge in [-0.15, -0.1) is 21.5 Å². The normalized spacial score (nSPS) is 13.2. The standard InChI is InChI=1S/C31H33ClN6O3S2/c1-3-38-27(19(2)34-28(40)21-13-15-22(32)16-14-21)36-37-31(38)42-18-25(39)35-30-26(23-11-7-8-12-24(23)43-30)29(41)33-17-20-9-5-4-6-10-20/h4-6,9-10,13-16,19H,3,7-8,11-12,17-18H2,1-2H3,(H,33,41)(H,34,40)(H,35,39)/t19-/m0/s1. The second-order valence-electron chi connectivity index (χ2n) is 10.2. The summed E-state index contributed by atoms with van der Waals surface area (Å²) < 4.78 is 1.89. The summed E-state index contributed by atoms with van der Waals surface area (Å²) in [5.41, 5.74) is 3.14. The van der Waals surface area contributed by atoms with E-state index in [2.05, 4.69) is 26.1 Å². The molecular formula is C31H33ClN6O3S2. The van der Waals surface area contributed by atoms with Crippen LogP contribution in [0.4, 0.5) is 5.00 Å². The largest absolute Gasteiger partial charge is 0.348 e. The zero-order chi connectivity index (χ0) is 30.3. The van der Waals surface area contributed by atoms with E-state index in [0.717, 1.165) is 36.8 Å². The molecule has 1 aliphatic carbocycles. The summed E-state index contributed by atoms with van der Waals surface area (Å²) in [5, 5.41) is 19.3. The van der Waals surface area contributed by atoms with Crippen LogP contribution >= 0.6 is 34.7 Å². The predicted molar refractivity (Wildman–Crippen MR) is 171 cm³/mol. The number of halogens is 1. The lowest BCUT2D eigenvalue weighted by molar-refractivity contribution is -0.113. The number of aryl methyl sites for hydroxylation is 1. The van der Waals surface area contributed by atoms with Gasteiger partial charge in [-0.2, -0.15) is 0 Å². The van der Waals surface area contributed by atoms with E-state index in [4.69, 9.17) is 11.6 Å². The van der Waals surface area contributed by atoms with E-state index in [1.54, 1.807) is 24.3 Å². The molecule has 43 heavy (non-hydrogen) atoms. The summed E-state index contributed by atoms with van der Waals surface area (Å²) in [6.45, 7) is 4.78. The third kappa shape index (κ3) is 7.46. The van der Waals surface area contributed by atoms with E-state index in [0.29, 0.717) is 45.2 Å². The second kappa shape index (κ2) is 14.2. The molecule has 1 atom stereocenters. The molecule has 9 nitrogen and oxygen atoms in total. The van der Waals surface area contributed by atoms with Crippen LogP contribution in [0, 0.1) is 0 Å². The number of hydrogen-bond donors (Lipinski definition) is 3. The molecular weight excluding hydrogens is 604 g/mol. The lowest BCUT2D eigenvalue weighted by atomic mass is 9.95. The molecule has 0 aliphatic heterocycles. The van der Waals surface area contributed by atoms with Gasteiger partial charge in [0.1, 0.15) is 5.00 Å². The average molecular weight is 637 g/mol. The van der Waals surface area contributed by atoms with Crippen LogP contribution in [0.3, 0.4) is 0 Å². The van der Waals surface area contributed by atoms with Crippen molar-refractivity contribution in [3.8, 4) is 0 Å². The molecule has 2 aromatic carbocycles. The number of anilines is 1. The number of fused-ring (bicyclic) bond motifs is 1. The van der Waals surface area contributed by atoms with Crippen molar-refractivity contribution in [3.63, 3.8) is 0 Å². The van der Waals surface area contributed by atoms with Gasteiger partial charge in [-0.3, -0.25) is 14.4 Å². The molecule has 0 spiro atoms. The first-order chi connectivity index (χ1) is 20.8. The quantitative estimate of drug-likeness (QED) is 0.173. The van der Waals surface area contributed by atoms with Gasteiger partial charge in [-0.05, 0) is 74.9 Å². The molecule has 4 aromatic rings. The molecule has 2 aromatic heterocycles. The van der Waals surface area contributed by atoms with Gasteiger partial charge in [0, 0.05) is 28.6 Å². The second-order valence-corrected chi connectivity index (χ2v) is 12.7. The first-order valence-electron chi connectivity index (χ1n) is 14.2. The highest BCUT2D eigenvalue weighted by atomic mass is 35.5. The maximum absolute atomic E-state index is 13.3. The molecule has 2 heterocycles. The number of rotatable bonds is 11. The molecule has 0 bridgehead atoms. The molecule has 0 saturated carbocycles. The fourth-order valence-corrected chi connectivity index (χ4v) is 7.26. The highest BCUT2D eigenvalue weighted by Crippen LogP contribution is 2.38. The minimum Gasteiger partial charge on any atom is -0.348 e. The van der Waals surface area contributed by atoms with Crippen LogP contribution in [0.5, 0.6) is 0 Å². The van der Waals surface area contributed by atoms with Gasteiger partial charge in [-0.25, -0.2) is 0 Å². The monoisotopic (exact) mass is 636 g/mol. The lowest BCUT2D eigenvalue weighted by Crippen LogP contribution is -2.28. The topological polar surface area (TPSA) is 118 Å². The Balaban J connectivity index is 1.23. The van der Waals surface area contributed by atoms with Crippen LogP contribution in [0.25, 0.3) is 0 Å². The average Bonchev–Trinajstić information content (AvgIpc) is 3.60. The van der Waals surface area contributed by atoms with Crippen LogP contribution in [0.15, 0.2) is 59.8 Å². The number of hydrogen-bond acceptors (Lipinski definition) is 7. The van der Waals surface area contributed by atoms with Gasteiger partial charge in [0.25, 0.3) is 11.8 Å². The van der Waals surface area contributed by atoms with Crippen molar-refractivity contribution in [2.75, 3.05) is 11.1 Å². The number of amides is 3. The van der Waals surface area contributed by atoms with Gasteiger partial charge in [0.2, 0.25) is 5.91 Å². The summed E-state index contributed by atoms with van der Waals surface area (Å²) in [6, 6.07) is 16.0. The van der Waals surface area contributed by atoms with E-state index < -0.39 is 6.04 Å². The van der Waals surface area contributed by atoms with Crippen LogP contribution in [-0.4, -0.2) is 38.2 Å². The highest BCUT2D eigenvalue weighted by molar-refractivity contribution is 7.99. The first-order valence-corrected chi connectivity index (χ1v) is 16.4. The fourth-order valence-electron chi connectivity index (χ4n) is 5.02. The summed E-state index contributed by atoms with van der Waals surface area (Å²) in [6.07, 6.45) is 3.85. The van der Waals surface area contributed by atoms with Crippen molar-refractivity contribution in [2.24, 2.45) is 0 Å². The number of carbonyl (C=O) groups excluding carboxylic acids is 3. The van der Waals surface area contributed by atoms with Crippen LogP contribution in [0.2, 0.25) is 5.02 Å². The van der Waals surface area contributed by atoms with Crippen LogP contribution < -0.4 is 16.0 Å². The third-order valence-corrected chi connectivity index (χ3v) is 9.61. The van der Waals surface area contributed by atoms with Crippen LogP contribution in [-0.2, 0) is 30.7 Å². The number of benzene rings is 2. The zero-order valence-electron chi connectivity index (χ0n) is 24.0. The van der Waals surface area contributed by atoms with Gasteiger partial charge in [0.15, 0.2) is 11.0 Å². The molecule has 0 fully saturated rings. The van der Waals surface area contributed by atoms with Gasteiger partial charge in [-0.1, -0.05) is 53.7 Å². The van der Waals surface area contributed by atoms with Crippen molar-refractivity contribution in [1.29, 1.82) is 0 Å². The number of nitrogens with zero attached hydrogens (tertiary/aromatic N) is 3. The number of thioether (sulfide) groups is 1. The Morgan fingerprint density at radius 3 is 2.51 bits per heavy atom. The Hall–Kier alpha value is -3.67. The minimum absolute atomic E-state index is 0.0945. The smallest absolute Gasteiger partial charge is 0.254 e.